The minimum Gasteiger partial charge on any atom is -0.508 e. The zero-order valence-electron chi connectivity index (χ0n) is 34.1. The van der Waals surface area contributed by atoms with Gasteiger partial charge in [0.15, 0.2) is 0 Å². The van der Waals surface area contributed by atoms with Gasteiger partial charge in [-0.3, -0.25) is 4.79 Å². The van der Waals surface area contributed by atoms with Gasteiger partial charge >= 0.3 is 23.8 Å². The number of alkyl halides is 3. The van der Waals surface area contributed by atoms with Crippen molar-refractivity contribution in [2.45, 2.75) is 92.2 Å². The lowest BCUT2D eigenvalue weighted by Crippen LogP contribution is -2.58. The van der Waals surface area contributed by atoms with E-state index in [0.29, 0.717) is 23.8 Å². The lowest BCUT2D eigenvalue weighted by molar-refractivity contribution is -0.271. The first-order valence-electron chi connectivity index (χ1n) is 20.3. The lowest BCUT2D eigenvalue weighted by Gasteiger charge is -2.38. The number of aliphatic hydroxyl groups excluding tert-OH is 3. The number of aliphatic carboxylic acids is 1. The van der Waals surface area contributed by atoms with E-state index in [0.717, 1.165) is 49.4 Å². The number of hydrogen-bond acceptors (Lipinski definition) is 17. The van der Waals surface area contributed by atoms with Crippen molar-refractivity contribution in [2.24, 2.45) is 15.4 Å². The molecule has 64 heavy (non-hydrogen) atoms. The van der Waals surface area contributed by atoms with Gasteiger partial charge in [-0.15, -0.1) is 10.2 Å². The molecule has 4 heterocycles. The number of aliphatic hydroxyl groups is 3. The number of phenolic OH excluding ortho intramolecular Hbond substituents is 1. The zero-order valence-corrected chi connectivity index (χ0v) is 34.9. The third-order valence-electron chi connectivity index (χ3n) is 10.4. The topological polar surface area (TPSA) is 281 Å². The van der Waals surface area contributed by atoms with E-state index in [9.17, 15) is 53.1 Å². The maximum absolute atomic E-state index is 13.8. The van der Waals surface area contributed by atoms with E-state index in [-0.39, 0.29) is 86.3 Å². The van der Waals surface area contributed by atoms with Crippen molar-refractivity contribution < 1.29 is 81.6 Å². The fourth-order valence-corrected chi connectivity index (χ4v) is 8.47. The summed E-state index contributed by atoms with van der Waals surface area (Å²) in [6.45, 7) is 0.471. The third-order valence-corrected chi connectivity index (χ3v) is 11.9. The summed E-state index contributed by atoms with van der Waals surface area (Å²) in [4.78, 5) is 41.0. The predicted octanol–water partition coefficient (Wildman–Crippen LogP) is 2.28. The average molecular weight is 927 g/mol. The lowest BCUT2D eigenvalue weighted by atomic mass is 9.99. The number of hydrogen-bond donors (Lipinski definition) is 8. The molecular weight excluding hydrogens is 878 g/mol. The van der Waals surface area contributed by atoms with E-state index in [4.69, 9.17) is 28.5 Å². The number of rotatable bonds is 24. The molecule has 8 N–H and O–H groups in total. The van der Waals surface area contributed by atoms with Crippen LogP contribution in [0.4, 0.5) is 18.0 Å². The van der Waals surface area contributed by atoms with Crippen molar-refractivity contribution in [1.29, 1.82) is 0 Å². The number of aromatic hydroxyl groups is 1. The van der Waals surface area contributed by atoms with Crippen LogP contribution in [-0.4, -0.2) is 149 Å². The standard InChI is InChI=1S/C40H49F3N6O14S/c41-40(42,43)39(48-49-39)24-8-7-23(20-61-45-19-29-33(52)34(53)35(54)37(63-29)62-28(36(55)56)17-22-5-9-25(50)10-6-22)27(18-24)60-16-15-59-14-13-58-12-11-44-31(51)4-2-1-3-30-32-26(21-64-30)46-38(57)47-32/h5-10,17-19,26,29-30,32-35,37,50,52-54H,1-4,11-16,20-21H2,(H,44,51)(H,55,56)(H2,46,47,57)/b28-17-,45-19-/t26?,29-,30?,32?,33+,34+,35-,37-/m1/s1. The molecule has 0 aromatic heterocycles. The third kappa shape index (κ3) is 12.7. The molecule has 3 unspecified atom stereocenters. The van der Waals surface area contributed by atoms with Gasteiger partial charge in [-0.1, -0.05) is 35.8 Å². The van der Waals surface area contributed by atoms with Crippen LogP contribution in [0, 0.1) is 0 Å². The molecule has 3 saturated heterocycles. The Labute approximate surface area is 368 Å². The van der Waals surface area contributed by atoms with Crippen molar-refractivity contribution in [1.82, 2.24) is 16.0 Å². The number of phenols is 1. The Morgan fingerprint density at radius 2 is 1.72 bits per heavy atom. The summed E-state index contributed by atoms with van der Waals surface area (Å²) >= 11 is 1.84. The Kier molecular flexibility index (Phi) is 16.7. The van der Waals surface area contributed by atoms with Crippen molar-refractivity contribution >= 4 is 42.0 Å². The van der Waals surface area contributed by atoms with Crippen LogP contribution in [-0.2, 0) is 45.6 Å². The number of benzene rings is 2. The molecule has 8 atom stereocenters. The highest BCUT2D eigenvalue weighted by molar-refractivity contribution is 8.00. The van der Waals surface area contributed by atoms with Gasteiger partial charge in [0, 0.05) is 35.1 Å². The van der Waals surface area contributed by atoms with Crippen LogP contribution in [0.25, 0.3) is 6.08 Å². The zero-order chi connectivity index (χ0) is 45.9. The maximum atomic E-state index is 13.8. The SMILES string of the molecule is O=C(CCCCC1SCC2NC(=O)NC21)NCCOCCOCCOc1cc(C2(C(F)(F)F)N=N2)ccc1CO/N=C\[C@H]1O[C@@H](O/C(=C\c2ccc(O)cc2)C(=O)O)[C@H](O)[C@@H](O)[C@H]1O. The number of nitrogens with zero attached hydrogens (tertiary/aromatic N) is 3. The number of unbranched alkanes of at least 4 members (excludes halogenated alkanes) is 1. The molecule has 24 heteroatoms. The highest BCUT2D eigenvalue weighted by atomic mass is 32.2. The molecule has 6 rings (SSSR count). The highest BCUT2D eigenvalue weighted by Gasteiger charge is 2.65. The summed E-state index contributed by atoms with van der Waals surface area (Å²) in [5, 5.41) is 69.8. The summed E-state index contributed by atoms with van der Waals surface area (Å²) in [6.07, 6.45) is -8.76. The van der Waals surface area contributed by atoms with Crippen LogP contribution in [0.5, 0.6) is 11.5 Å². The molecule has 4 aliphatic rings. The van der Waals surface area contributed by atoms with E-state index in [1.54, 1.807) is 0 Å². The van der Waals surface area contributed by atoms with E-state index in [1.807, 2.05) is 11.8 Å². The monoisotopic (exact) mass is 926 g/mol. The maximum Gasteiger partial charge on any atom is 0.442 e. The van der Waals surface area contributed by atoms with E-state index >= 15 is 0 Å². The largest absolute Gasteiger partial charge is 0.508 e. The van der Waals surface area contributed by atoms with Gasteiger partial charge in [0.2, 0.25) is 18.0 Å². The van der Waals surface area contributed by atoms with Gasteiger partial charge < -0.3 is 70.0 Å². The fourth-order valence-electron chi connectivity index (χ4n) is 6.92. The second kappa shape index (κ2) is 22.1. The number of oxime groups is 1. The first-order valence-corrected chi connectivity index (χ1v) is 21.3. The molecule has 0 spiro atoms. The summed E-state index contributed by atoms with van der Waals surface area (Å²) in [6, 6.07) is 9.16. The number of ether oxygens (including phenoxy) is 5. The van der Waals surface area contributed by atoms with Gasteiger partial charge in [0.1, 0.15) is 49.1 Å². The van der Waals surface area contributed by atoms with Gasteiger partial charge in [0.25, 0.3) is 0 Å². The second-order valence-electron chi connectivity index (χ2n) is 15.0. The molecule has 350 valence electrons. The number of halogens is 3. The molecule has 20 nitrogen and oxygen atoms in total. The Balaban J connectivity index is 0.918. The van der Waals surface area contributed by atoms with Gasteiger partial charge in [0.05, 0.1) is 44.7 Å². The van der Waals surface area contributed by atoms with Crippen molar-refractivity contribution in [3.8, 4) is 11.5 Å². The number of urea groups is 1. The number of fused-ring (bicyclic) bond motifs is 1. The number of carboxylic acids is 1. The molecule has 0 saturated carbocycles. The van der Waals surface area contributed by atoms with Crippen molar-refractivity contribution in [3.05, 3.63) is 64.9 Å². The molecule has 4 aliphatic heterocycles. The summed E-state index contributed by atoms with van der Waals surface area (Å²) in [5.41, 5.74) is -2.50. The molecule has 0 bridgehead atoms. The molecule has 3 fully saturated rings. The number of thioether (sulfide) groups is 1. The van der Waals surface area contributed by atoms with E-state index in [1.165, 1.54) is 30.3 Å². The van der Waals surface area contributed by atoms with E-state index in [2.05, 4.69) is 31.3 Å². The Bertz CT molecular complexity index is 2010. The molecule has 0 aliphatic carbocycles. The molecule has 3 amide bonds. The number of amides is 3. The molecular formula is C40H49F3N6O14S. The average Bonchev–Trinajstić information content (AvgIpc) is 3.90. The highest BCUT2D eigenvalue weighted by Crippen LogP contribution is 2.53. The Hall–Kier alpha value is -5.24. The molecule has 2 aromatic rings. The van der Waals surface area contributed by atoms with Crippen LogP contribution in [0.3, 0.4) is 0 Å². The van der Waals surface area contributed by atoms with Gasteiger partial charge in [-0.2, -0.15) is 24.9 Å². The number of nitrogens with one attached hydrogen (secondary N) is 3. The van der Waals surface area contributed by atoms with Crippen molar-refractivity contribution in [2.75, 3.05) is 45.3 Å². The Morgan fingerprint density at radius 1 is 0.984 bits per heavy atom. The number of carbonyl (C=O) groups excluding carboxylic acids is 2. The fraction of sp³-hybridized carbons (Fsp3) is 0.550. The summed E-state index contributed by atoms with van der Waals surface area (Å²) in [5.74, 6) is -1.55. The minimum atomic E-state index is -4.81. The van der Waals surface area contributed by atoms with E-state index < -0.39 is 54.3 Å². The van der Waals surface area contributed by atoms with Crippen LogP contribution in [0.2, 0.25) is 0 Å². The molecule has 0 radical (unpaired) electrons. The van der Waals surface area contributed by atoms with Crippen LogP contribution >= 0.6 is 11.8 Å². The van der Waals surface area contributed by atoms with Crippen LogP contribution in [0.1, 0.15) is 42.4 Å². The molecule has 2 aromatic carbocycles. The number of carbonyl (C=O) groups is 3. The quantitative estimate of drug-likeness (QED) is 0.0187. The van der Waals surface area contributed by atoms with Crippen LogP contribution < -0.4 is 20.7 Å². The predicted molar refractivity (Wildman–Crippen MR) is 218 cm³/mol. The minimum absolute atomic E-state index is 0.0215. The first kappa shape index (κ1) is 48.2. The van der Waals surface area contributed by atoms with Gasteiger partial charge in [-0.25, -0.2) is 9.59 Å². The summed E-state index contributed by atoms with van der Waals surface area (Å²) in [7, 11) is 0. The number of carboxylic acid groups (broad SMARTS) is 1. The normalized spacial score (nSPS) is 26.0. The smallest absolute Gasteiger partial charge is 0.442 e. The van der Waals surface area contributed by atoms with Crippen LogP contribution in [0.15, 0.2) is 63.6 Å². The van der Waals surface area contributed by atoms with Gasteiger partial charge in [-0.05, 0) is 42.7 Å². The van der Waals surface area contributed by atoms with Crippen molar-refractivity contribution in [3.63, 3.8) is 0 Å². The first-order chi connectivity index (χ1) is 30.6. The summed E-state index contributed by atoms with van der Waals surface area (Å²) < 4.78 is 69.1. The Morgan fingerprint density at radius 3 is 2.44 bits per heavy atom. The second-order valence-corrected chi connectivity index (χ2v) is 16.2.